The van der Waals surface area contributed by atoms with Gasteiger partial charge in [-0.15, -0.1) is 0 Å². The average molecular weight is 227 g/mol. The molecule has 0 saturated carbocycles. The van der Waals surface area contributed by atoms with Crippen LogP contribution in [-0.2, 0) is 9.53 Å². The van der Waals surface area contributed by atoms with Crippen molar-refractivity contribution in [1.82, 2.24) is 5.32 Å². The van der Waals surface area contributed by atoms with Crippen LogP contribution in [0.3, 0.4) is 0 Å². The molecule has 0 bridgehead atoms. The number of amides is 1. The van der Waals surface area contributed by atoms with Crippen molar-refractivity contribution in [1.29, 1.82) is 0 Å². The lowest BCUT2D eigenvalue weighted by atomic mass is 10.1. The number of hydrogen-bond donors (Lipinski definition) is 2. The maximum Gasteiger partial charge on any atom is 0.245 e. The third-order valence-electron chi connectivity index (χ3n) is 2.11. The molecule has 1 heterocycles. The van der Waals surface area contributed by atoms with Crippen LogP contribution in [-0.4, -0.2) is 30.8 Å². The molecule has 1 rings (SSSR count). The molecule has 5 heteroatoms. The van der Waals surface area contributed by atoms with Gasteiger partial charge in [0.1, 0.15) is 6.61 Å². The first-order valence-electron chi connectivity index (χ1n) is 5.28. The van der Waals surface area contributed by atoms with E-state index in [0.29, 0.717) is 19.6 Å². The van der Waals surface area contributed by atoms with E-state index in [-0.39, 0.29) is 12.5 Å². The Morgan fingerprint density at radius 2 is 2.50 bits per heavy atom. The Labute approximate surface area is 94.4 Å². The number of nitrogens with one attached hydrogen (secondary N) is 1. The van der Waals surface area contributed by atoms with Crippen LogP contribution in [0.15, 0.2) is 23.0 Å². The predicted molar refractivity (Wildman–Crippen MR) is 57.8 cm³/mol. The van der Waals surface area contributed by atoms with Crippen molar-refractivity contribution < 1.29 is 19.1 Å². The van der Waals surface area contributed by atoms with Crippen LogP contribution in [0.2, 0.25) is 0 Å². The molecular weight excluding hydrogens is 210 g/mol. The smallest absolute Gasteiger partial charge is 0.245 e. The van der Waals surface area contributed by atoms with Gasteiger partial charge in [-0.1, -0.05) is 0 Å². The van der Waals surface area contributed by atoms with Gasteiger partial charge in [-0.25, -0.2) is 0 Å². The summed E-state index contributed by atoms with van der Waals surface area (Å²) in [5.41, 5.74) is 0.721. The van der Waals surface area contributed by atoms with Crippen LogP contribution < -0.4 is 5.32 Å². The SMILES string of the molecule is CCOCC(=O)NCC[C@H](O)c1ccoc1. The quantitative estimate of drug-likeness (QED) is 0.724. The normalized spacial score (nSPS) is 12.4. The third kappa shape index (κ3) is 4.46. The summed E-state index contributed by atoms with van der Waals surface area (Å²) >= 11 is 0. The minimum absolute atomic E-state index is 0.0678. The Bertz CT molecular complexity index is 297. The second-order valence-electron chi connectivity index (χ2n) is 3.35. The number of aliphatic hydroxyl groups is 1. The highest BCUT2D eigenvalue weighted by Gasteiger charge is 2.09. The third-order valence-corrected chi connectivity index (χ3v) is 2.11. The first-order chi connectivity index (χ1) is 7.74. The van der Waals surface area contributed by atoms with Gasteiger partial charge < -0.3 is 19.6 Å². The van der Waals surface area contributed by atoms with Crippen LogP contribution in [0.25, 0.3) is 0 Å². The van der Waals surface area contributed by atoms with Gasteiger partial charge in [0.2, 0.25) is 5.91 Å². The maximum atomic E-state index is 11.1. The Morgan fingerprint density at radius 1 is 1.69 bits per heavy atom. The zero-order valence-electron chi connectivity index (χ0n) is 9.31. The second-order valence-corrected chi connectivity index (χ2v) is 3.35. The van der Waals surface area contributed by atoms with Gasteiger partial charge >= 0.3 is 0 Å². The van der Waals surface area contributed by atoms with Crippen LogP contribution >= 0.6 is 0 Å². The van der Waals surface area contributed by atoms with Crippen LogP contribution in [0, 0.1) is 0 Å². The van der Waals surface area contributed by atoms with E-state index in [1.807, 2.05) is 6.92 Å². The number of rotatable bonds is 7. The second kappa shape index (κ2) is 7.03. The molecule has 0 aromatic carbocycles. The summed E-state index contributed by atoms with van der Waals surface area (Å²) in [6, 6.07) is 1.70. The molecule has 0 saturated heterocycles. The molecule has 0 unspecified atom stereocenters. The summed E-state index contributed by atoms with van der Waals surface area (Å²) in [6.45, 7) is 2.83. The predicted octanol–water partition coefficient (Wildman–Crippen LogP) is 0.856. The topological polar surface area (TPSA) is 71.7 Å². The lowest BCUT2D eigenvalue weighted by molar-refractivity contribution is -0.125. The molecule has 0 aliphatic rings. The van der Waals surface area contributed by atoms with E-state index < -0.39 is 6.10 Å². The average Bonchev–Trinajstić information content (AvgIpc) is 2.79. The van der Waals surface area contributed by atoms with Gasteiger partial charge in [-0.2, -0.15) is 0 Å². The van der Waals surface area contributed by atoms with E-state index >= 15 is 0 Å². The summed E-state index contributed by atoms with van der Waals surface area (Å²) in [4.78, 5) is 11.1. The Hall–Kier alpha value is -1.33. The number of furan rings is 1. The minimum atomic E-state index is -0.605. The van der Waals surface area contributed by atoms with Crippen molar-refractivity contribution >= 4 is 5.91 Å². The molecule has 1 aromatic heterocycles. The van der Waals surface area contributed by atoms with Gasteiger partial charge in [0, 0.05) is 18.7 Å². The molecule has 16 heavy (non-hydrogen) atoms. The molecule has 0 aliphatic carbocycles. The summed E-state index contributed by atoms with van der Waals surface area (Å²) in [5, 5.41) is 12.3. The zero-order chi connectivity index (χ0) is 11.8. The van der Waals surface area contributed by atoms with Gasteiger partial charge in [0.25, 0.3) is 0 Å². The number of carbonyl (C=O) groups excluding carboxylic acids is 1. The molecule has 1 atom stereocenters. The van der Waals surface area contributed by atoms with Crippen molar-refractivity contribution in [2.24, 2.45) is 0 Å². The monoisotopic (exact) mass is 227 g/mol. The van der Waals surface area contributed by atoms with E-state index in [1.165, 1.54) is 12.5 Å². The number of carbonyl (C=O) groups is 1. The number of aliphatic hydroxyl groups excluding tert-OH is 1. The lowest BCUT2D eigenvalue weighted by Gasteiger charge is -2.09. The van der Waals surface area contributed by atoms with Crippen molar-refractivity contribution in [2.75, 3.05) is 19.8 Å². The van der Waals surface area contributed by atoms with Crippen molar-refractivity contribution in [3.63, 3.8) is 0 Å². The standard InChI is InChI=1S/C11H17NO4/c1-2-15-8-11(14)12-5-3-10(13)9-4-6-16-7-9/h4,6-7,10,13H,2-3,5,8H2,1H3,(H,12,14)/t10-/m0/s1. The molecular formula is C11H17NO4. The fourth-order valence-corrected chi connectivity index (χ4v) is 1.23. The molecule has 0 fully saturated rings. The first kappa shape index (κ1) is 12.7. The van der Waals surface area contributed by atoms with Gasteiger partial charge in [-0.3, -0.25) is 4.79 Å². The van der Waals surface area contributed by atoms with Crippen molar-refractivity contribution in [2.45, 2.75) is 19.4 Å². The Kier molecular flexibility index (Phi) is 5.60. The van der Waals surface area contributed by atoms with Crippen LogP contribution in [0.5, 0.6) is 0 Å². The van der Waals surface area contributed by atoms with E-state index in [4.69, 9.17) is 9.15 Å². The summed E-state index contributed by atoms with van der Waals surface area (Å²) < 4.78 is 9.78. The molecule has 90 valence electrons. The fourth-order valence-electron chi connectivity index (χ4n) is 1.23. The number of hydrogen-bond acceptors (Lipinski definition) is 4. The van der Waals surface area contributed by atoms with Crippen LogP contribution in [0.1, 0.15) is 25.0 Å². The van der Waals surface area contributed by atoms with Crippen LogP contribution in [0.4, 0.5) is 0 Å². The summed E-state index contributed by atoms with van der Waals surface area (Å²) in [5.74, 6) is -0.166. The van der Waals surface area contributed by atoms with Gasteiger partial charge in [-0.05, 0) is 19.4 Å². The minimum Gasteiger partial charge on any atom is -0.472 e. The van der Waals surface area contributed by atoms with Crippen molar-refractivity contribution in [3.05, 3.63) is 24.2 Å². The van der Waals surface area contributed by atoms with Gasteiger partial charge in [0.15, 0.2) is 0 Å². The largest absolute Gasteiger partial charge is 0.472 e. The Morgan fingerprint density at radius 3 is 3.12 bits per heavy atom. The highest BCUT2D eigenvalue weighted by molar-refractivity contribution is 5.77. The lowest BCUT2D eigenvalue weighted by Crippen LogP contribution is -2.29. The summed E-state index contributed by atoms with van der Waals surface area (Å²) in [6.07, 6.45) is 2.85. The summed E-state index contributed by atoms with van der Waals surface area (Å²) in [7, 11) is 0. The molecule has 2 N–H and O–H groups in total. The zero-order valence-corrected chi connectivity index (χ0v) is 9.31. The molecule has 5 nitrogen and oxygen atoms in total. The van der Waals surface area contributed by atoms with E-state index in [2.05, 4.69) is 5.32 Å². The molecule has 1 amide bonds. The molecule has 0 aliphatic heterocycles. The first-order valence-corrected chi connectivity index (χ1v) is 5.28. The van der Waals surface area contributed by atoms with E-state index in [1.54, 1.807) is 6.07 Å². The molecule has 0 radical (unpaired) electrons. The van der Waals surface area contributed by atoms with Crippen molar-refractivity contribution in [3.8, 4) is 0 Å². The Balaban J connectivity index is 2.13. The molecule has 1 aromatic rings. The fraction of sp³-hybridized carbons (Fsp3) is 0.545. The van der Waals surface area contributed by atoms with E-state index in [9.17, 15) is 9.90 Å². The molecule has 0 spiro atoms. The highest BCUT2D eigenvalue weighted by atomic mass is 16.5. The highest BCUT2D eigenvalue weighted by Crippen LogP contribution is 2.15. The number of ether oxygens (including phenoxy) is 1. The van der Waals surface area contributed by atoms with E-state index in [0.717, 1.165) is 5.56 Å². The maximum absolute atomic E-state index is 11.1. The van der Waals surface area contributed by atoms with Gasteiger partial charge in [0.05, 0.1) is 18.6 Å².